The monoisotopic (exact) mass is 323 g/mol. The smallest absolute Gasteiger partial charge is 0.0991 e. The van der Waals surface area contributed by atoms with Crippen LogP contribution in [-0.2, 0) is 0 Å². The van der Waals surface area contributed by atoms with Crippen molar-refractivity contribution in [2.45, 2.75) is 0 Å². The third-order valence-corrected chi connectivity index (χ3v) is 3.25. The number of hydrogen-bond donors (Lipinski definition) is 1. The van der Waals surface area contributed by atoms with Gasteiger partial charge < -0.3 is 0 Å². The van der Waals surface area contributed by atoms with Gasteiger partial charge in [-0.3, -0.25) is 5.43 Å². The molecule has 0 atom stereocenters. The summed E-state index contributed by atoms with van der Waals surface area (Å²) >= 11 is 17.8. The van der Waals surface area contributed by atoms with Crippen LogP contribution in [0.2, 0.25) is 15.1 Å². The highest BCUT2D eigenvalue weighted by atomic mass is 35.5. The van der Waals surface area contributed by atoms with Gasteiger partial charge in [0.15, 0.2) is 0 Å². The number of rotatable bonds is 3. The van der Waals surface area contributed by atoms with E-state index in [0.717, 1.165) is 5.56 Å². The summed E-state index contributed by atoms with van der Waals surface area (Å²) in [4.78, 5) is 0. The van der Waals surface area contributed by atoms with Crippen molar-refractivity contribution in [2.75, 3.05) is 5.43 Å². The van der Waals surface area contributed by atoms with Crippen LogP contribution in [0.15, 0.2) is 41.5 Å². The number of nitrogens with zero attached hydrogens (tertiary/aromatic N) is 2. The minimum Gasteiger partial charge on any atom is -0.275 e. The van der Waals surface area contributed by atoms with E-state index >= 15 is 0 Å². The number of benzene rings is 2. The van der Waals surface area contributed by atoms with Gasteiger partial charge in [0.1, 0.15) is 0 Å². The average molecular weight is 325 g/mol. The molecule has 0 heterocycles. The molecule has 0 aliphatic rings. The Balaban J connectivity index is 2.12. The van der Waals surface area contributed by atoms with Gasteiger partial charge in [0.25, 0.3) is 0 Å². The fourth-order valence-electron chi connectivity index (χ4n) is 1.46. The zero-order chi connectivity index (χ0) is 14.5. The molecule has 0 amide bonds. The van der Waals surface area contributed by atoms with Crippen molar-refractivity contribution in [2.24, 2.45) is 5.10 Å². The van der Waals surface area contributed by atoms with Crippen LogP contribution >= 0.6 is 34.8 Å². The first-order valence-electron chi connectivity index (χ1n) is 5.54. The van der Waals surface area contributed by atoms with Crippen LogP contribution in [0.25, 0.3) is 0 Å². The fraction of sp³-hybridized carbons (Fsp3) is 0. The molecule has 0 saturated carbocycles. The van der Waals surface area contributed by atoms with E-state index in [0.29, 0.717) is 26.3 Å². The number of nitrogens with one attached hydrogen (secondary N) is 1. The molecule has 0 fully saturated rings. The van der Waals surface area contributed by atoms with E-state index in [4.69, 9.17) is 40.1 Å². The Morgan fingerprint density at radius 1 is 1.05 bits per heavy atom. The molecule has 0 spiro atoms. The number of halogens is 3. The Bertz CT molecular complexity index is 665. The Labute approximate surface area is 131 Å². The molecule has 0 saturated heterocycles. The van der Waals surface area contributed by atoms with Crippen molar-refractivity contribution in [3.05, 3.63) is 62.6 Å². The largest absolute Gasteiger partial charge is 0.275 e. The second-order valence-corrected chi connectivity index (χ2v) is 5.10. The number of anilines is 1. The second-order valence-electron chi connectivity index (χ2n) is 3.85. The van der Waals surface area contributed by atoms with E-state index in [-0.39, 0.29) is 0 Å². The number of hydrogen-bond acceptors (Lipinski definition) is 3. The molecule has 3 nitrogen and oxygen atoms in total. The lowest BCUT2D eigenvalue weighted by Gasteiger charge is -2.06. The minimum absolute atomic E-state index is 0.388. The predicted molar refractivity (Wildman–Crippen MR) is 83.8 cm³/mol. The average Bonchev–Trinajstić information content (AvgIpc) is 2.42. The maximum absolute atomic E-state index is 8.70. The number of nitriles is 1. The summed E-state index contributed by atoms with van der Waals surface area (Å²) in [5.74, 6) is 0. The standard InChI is InChI=1S/C14H8Cl3N3/c15-11-5-12(16)14(13(17)6-11)20-19-8-10-3-1-9(7-18)2-4-10/h1-6,8,20H/b19-8+. The summed E-state index contributed by atoms with van der Waals surface area (Å²) in [7, 11) is 0. The summed E-state index contributed by atoms with van der Waals surface area (Å²) in [5, 5.41) is 14.0. The molecule has 1 N–H and O–H groups in total. The van der Waals surface area contributed by atoms with Crippen molar-refractivity contribution in [1.29, 1.82) is 5.26 Å². The summed E-state index contributed by atoms with van der Waals surface area (Å²) in [6.45, 7) is 0. The van der Waals surface area contributed by atoms with Gasteiger partial charge in [-0.15, -0.1) is 0 Å². The highest BCUT2D eigenvalue weighted by Crippen LogP contribution is 2.33. The van der Waals surface area contributed by atoms with Crippen LogP contribution in [-0.4, -0.2) is 6.21 Å². The summed E-state index contributed by atoms with van der Waals surface area (Å²) in [6.07, 6.45) is 1.60. The van der Waals surface area contributed by atoms with E-state index in [1.165, 1.54) is 0 Å². The third-order valence-electron chi connectivity index (χ3n) is 2.44. The van der Waals surface area contributed by atoms with Crippen LogP contribution in [0.3, 0.4) is 0 Å². The molecule has 0 aromatic heterocycles. The van der Waals surface area contributed by atoms with Gasteiger partial charge >= 0.3 is 0 Å². The zero-order valence-corrected chi connectivity index (χ0v) is 12.3. The number of hydrazone groups is 1. The van der Waals surface area contributed by atoms with Crippen LogP contribution < -0.4 is 5.43 Å². The first-order valence-corrected chi connectivity index (χ1v) is 6.67. The first-order chi connectivity index (χ1) is 9.60. The lowest BCUT2D eigenvalue weighted by molar-refractivity contribution is 1.35. The Hall–Kier alpha value is -1.73. The van der Waals surface area contributed by atoms with Crippen molar-refractivity contribution in [3.8, 4) is 6.07 Å². The predicted octanol–water partition coefficient (Wildman–Crippen LogP) is 4.96. The van der Waals surface area contributed by atoms with Crippen LogP contribution in [0.5, 0.6) is 0 Å². The van der Waals surface area contributed by atoms with E-state index in [9.17, 15) is 0 Å². The fourth-order valence-corrected chi connectivity index (χ4v) is 2.37. The molecule has 0 aliphatic carbocycles. The molecular formula is C14H8Cl3N3. The maximum atomic E-state index is 8.70. The molecule has 2 rings (SSSR count). The molecule has 2 aromatic rings. The highest BCUT2D eigenvalue weighted by Gasteiger charge is 2.06. The Morgan fingerprint density at radius 3 is 2.20 bits per heavy atom. The van der Waals surface area contributed by atoms with Gasteiger partial charge in [-0.25, -0.2) is 0 Å². The van der Waals surface area contributed by atoms with Crippen LogP contribution in [0, 0.1) is 11.3 Å². The molecule has 20 heavy (non-hydrogen) atoms. The van der Waals surface area contributed by atoms with Gasteiger partial charge in [0, 0.05) is 5.02 Å². The van der Waals surface area contributed by atoms with Crippen molar-refractivity contribution < 1.29 is 0 Å². The highest BCUT2D eigenvalue weighted by molar-refractivity contribution is 6.41. The van der Waals surface area contributed by atoms with Gasteiger partial charge in [-0.05, 0) is 29.8 Å². The van der Waals surface area contributed by atoms with Crippen LogP contribution in [0.1, 0.15) is 11.1 Å². The van der Waals surface area contributed by atoms with Gasteiger partial charge in [-0.1, -0.05) is 46.9 Å². The molecular weight excluding hydrogens is 317 g/mol. The summed E-state index contributed by atoms with van der Waals surface area (Å²) < 4.78 is 0. The zero-order valence-electron chi connectivity index (χ0n) is 10.1. The first kappa shape index (κ1) is 14.7. The molecule has 0 aliphatic heterocycles. The minimum atomic E-state index is 0.388. The van der Waals surface area contributed by atoms with Crippen molar-refractivity contribution in [1.82, 2.24) is 0 Å². The van der Waals surface area contributed by atoms with E-state index < -0.39 is 0 Å². The summed E-state index contributed by atoms with van der Waals surface area (Å²) in [6, 6.07) is 12.2. The van der Waals surface area contributed by atoms with Gasteiger partial charge in [0.05, 0.1) is 33.6 Å². The van der Waals surface area contributed by atoms with Gasteiger partial charge in [0.2, 0.25) is 0 Å². The Kier molecular flexibility index (Phi) is 4.86. The maximum Gasteiger partial charge on any atom is 0.0991 e. The molecule has 0 bridgehead atoms. The SMILES string of the molecule is N#Cc1ccc(/C=N/Nc2c(Cl)cc(Cl)cc2Cl)cc1. The summed E-state index contributed by atoms with van der Waals surface area (Å²) in [5.41, 5.74) is 4.70. The lowest BCUT2D eigenvalue weighted by Crippen LogP contribution is -1.93. The molecule has 0 unspecified atom stereocenters. The van der Waals surface area contributed by atoms with Crippen molar-refractivity contribution in [3.63, 3.8) is 0 Å². The van der Waals surface area contributed by atoms with E-state index in [2.05, 4.69) is 10.5 Å². The van der Waals surface area contributed by atoms with E-state index in [1.54, 1.807) is 42.6 Å². The van der Waals surface area contributed by atoms with Crippen LogP contribution in [0.4, 0.5) is 5.69 Å². The molecule has 2 aromatic carbocycles. The van der Waals surface area contributed by atoms with Crippen molar-refractivity contribution >= 4 is 46.7 Å². The topological polar surface area (TPSA) is 48.2 Å². The Morgan fingerprint density at radius 2 is 1.65 bits per heavy atom. The molecule has 0 radical (unpaired) electrons. The third kappa shape index (κ3) is 3.64. The van der Waals surface area contributed by atoms with Gasteiger partial charge in [-0.2, -0.15) is 10.4 Å². The molecule has 100 valence electrons. The normalized spacial score (nSPS) is 10.5. The lowest BCUT2D eigenvalue weighted by atomic mass is 10.2. The van der Waals surface area contributed by atoms with E-state index in [1.807, 2.05) is 6.07 Å². The second kappa shape index (κ2) is 6.62. The quantitative estimate of drug-likeness (QED) is 0.640. The molecule has 6 heteroatoms.